The number of nitrogens with zero attached hydrogens (tertiary/aromatic N) is 4. The summed E-state index contributed by atoms with van der Waals surface area (Å²) in [6.07, 6.45) is 2.65. The Balaban J connectivity index is 1.46. The van der Waals surface area contributed by atoms with Crippen molar-refractivity contribution in [2.24, 2.45) is 4.99 Å². The van der Waals surface area contributed by atoms with Crippen LogP contribution in [0, 0.1) is 11.6 Å². The molecule has 0 saturated heterocycles. The molecule has 1 aromatic heterocycles. The van der Waals surface area contributed by atoms with Crippen LogP contribution < -0.4 is 10.2 Å². The number of hydrogen-bond acceptors (Lipinski definition) is 10. The average molecular weight is 564 g/mol. The summed E-state index contributed by atoms with van der Waals surface area (Å²) in [7, 11) is 0. The fourth-order valence-corrected chi connectivity index (χ4v) is 6.02. The number of halogens is 2. The molecule has 12 heteroatoms. The van der Waals surface area contributed by atoms with Crippen molar-refractivity contribution in [3.05, 3.63) is 35.4 Å². The number of anilines is 2. The van der Waals surface area contributed by atoms with E-state index in [0.717, 1.165) is 43.1 Å². The Hall–Kier alpha value is -2.38. The summed E-state index contributed by atoms with van der Waals surface area (Å²) >= 11 is 1.53. The van der Waals surface area contributed by atoms with Crippen LogP contribution in [0.3, 0.4) is 0 Å². The number of rotatable bonds is 10. The Morgan fingerprint density at radius 1 is 1.15 bits per heavy atom. The standard InChI is InChI=1S/C27H35F2N5O4S/c1-2-11-39-27-32-25(31-19-13-16(19)15-5-6-17(28)18(29)12-15)22-26(33-27)34(8-4-3-7-30-22)20-14-21(38-10-9-35)24(37)23(20)36/h5-7,12,16,19-21,23-24,35-37H,2-4,8-11,13-14H2,1H3,(H,31,32,33). The first-order valence-corrected chi connectivity index (χ1v) is 14.5. The number of aromatic nitrogens is 2. The lowest BCUT2D eigenvalue weighted by atomic mass is 10.1. The monoisotopic (exact) mass is 563 g/mol. The Morgan fingerprint density at radius 2 is 2.00 bits per heavy atom. The molecule has 2 aliphatic carbocycles. The summed E-state index contributed by atoms with van der Waals surface area (Å²) in [6, 6.07) is 3.53. The van der Waals surface area contributed by atoms with Crippen molar-refractivity contribution < 1.29 is 28.8 Å². The Labute approximate surface area is 230 Å². The smallest absolute Gasteiger partial charge is 0.191 e. The predicted molar refractivity (Wildman–Crippen MR) is 146 cm³/mol. The third-order valence-corrected chi connectivity index (χ3v) is 8.46. The van der Waals surface area contributed by atoms with E-state index in [2.05, 4.69) is 12.2 Å². The highest BCUT2D eigenvalue weighted by atomic mass is 32.2. The van der Waals surface area contributed by atoms with Gasteiger partial charge in [-0.1, -0.05) is 24.8 Å². The van der Waals surface area contributed by atoms with Crippen LogP contribution in [-0.4, -0.2) is 87.4 Å². The quantitative estimate of drug-likeness (QED) is 0.254. The van der Waals surface area contributed by atoms with Crippen LogP contribution in [0.25, 0.3) is 0 Å². The van der Waals surface area contributed by atoms with Gasteiger partial charge < -0.3 is 30.3 Å². The molecule has 3 aliphatic rings. The van der Waals surface area contributed by atoms with Gasteiger partial charge in [0.2, 0.25) is 0 Å². The van der Waals surface area contributed by atoms with E-state index >= 15 is 0 Å². The molecule has 6 unspecified atom stereocenters. The predicted octanol–water partition coefficient (Wildman–Crippen LogP) is 3.40. The first kappa shape index (κ1) is 28.2. The molecule has 4 N–H and O–H groups in total. The minimum absolute atomic E-state index is 0.0160. The van der Waals surface area contributed by atoms with Gasteiger partial charge in [-0.25, -0.2) is 18.7 Å². The molecule has 0 spiro atoms. The van der Waals surface area contributed by atoms with Gasteiger partial charge in [0.15, 0.2) is 28.4 Å². The maximum atomic E-state index is 13.8. The summed E-state index contributed by atoms with van der Waals surface area (Å²) in [6.45, 7) is 2.58. The summed E-state index contributed by atoms with van der Waals surface area (Å²) in [5, 5.41) is 34.9. The van der Waals surface area contributed by atoms with Crippen LogP contribution in [0.15, 0.2) is 28.3 Å². The maximum Gasteiger partial charge on any atom is 0.191 e. The van der Waals surface area contributed by atoms with Crippen molar-refractivity contribution in [1.82, 2.24) is 9.97 Å². The van der Waals surface area contributed by atoms with Gasteiger partial charge in [-0.2, -0.15) is 0 Å². The number of ether oxygens (including phenoxy) is 1. The summed E-state index contributed by atoms with van der Waals surface area (Å²) in [4.78, 5) is 16.4. The van der Waals surface area contributed by atoms with Crippen molar-refractivity contribution >= 4 is 35.3 Å². The summed E-state index contributed by atoms with van der Waals surface area (Å²) in [5.74, 6) is 0.245. The molecule has 5 rings (SSSR count). The molecule has 9 nitrogen and oxygen atoms in total. The van der Waals surface area contributed by atoms with E-state index in [-0.39, 0.29) is 25.2 Å². The molecule has 6 atom stereocenters. The fraction of sp³-hybridized carbons (Fsp3) is 0.593. The van der Waals surface area contributed by atoms with Crippen LogP contribution in [0.5, 0.6) is 0 Å². The number of fused-ring (bicyclic) bond motifs is 1. The van der Waals surface area contributed by atoms with Crippen molar-refractivity contribution in [3.63, 3.8) is 0 Å². The highest BCUT2D eigenvalue weighted by Gasteiger charge is 2.46. The van der Waals surface area contributed by atoms with E-state index in [9.17, 15) is 19.0 Å². The van der Waals surface area contributed by atoms with Gasteiger partial charge in [-0.15, -0.1) is 0 Å². The second-order valence-corrected chi connectivity index (χ2v) is 11.3. The molecular formula is C27H35F2N5O4S. The van der Waals surface area contributed by atoms with Crippen LogP contribution in [0.1, 0.15) is 50.5 Å². The molecule has 0 bridgehead atoms. The van der Waals surface area contributed by atoms with Crippen LogP contribution in [0.2, 0.25) is 0 Å². The van der Waals surface area contributed by atoms with E-state index in [1.54, 1.807) is 6.07 Å². The Morgan fingerprint density at radius 3 is 2.77 bits per heavy atom. The van der Waals surface area contributed by atoms with Crippen molar-refractivity contribution in [2.75, 3.05) is 35.7 Å². The first-order chi connectivity index (χ1) is 18.9. The second kappa shape index (κ2) is 12.4. The zero-order chi connectivity index (χ0) is 27.5. The zero-order valence-corrected chi connectivity index (χ0v) is 22.7. The minimum Gasteiger partial charge on any atom is -0.394 e. The number of thioether (sulfide) groups is 1. The normalized spacial score (nSPS) is 28.2. The molecule has 2 fully saturated rings. The van der Waals surface area contributed by atoms with Gasteiger partial charge >= 0.3 is 0 Å². The van der Waals surface area contributed by atoms with Crippen LogP contribution >= 0.6 is 11.8 Å². The number of nitrogens with one attached hydrogen (secondary N) is 1. The minimum atomic E-state index is -1.09. The van der Waals surface area contributed by atoms with E-state index in [1.165, 1.54) is 17.8 Å². The Kier molecular flexibility index (Phi) is 8.97. The largest absolute Gasteiger partial charge is 0.394 e. The van der Waals surface area contributed by atoms with Gasteiger partial charge in [-0.05, 0) is 49.8 Å². The molecule has 0 radical (unpaired) electrons. The number of aliphatic hydroxyl groups excluding tert-OH is 3. The average Bonchev–Trinajstić information content (AvgIpc) is 3.63. The topological polar surface area (TPSA) is 123 Å². The van der Waals surface area contributed by atoms with Crippen LogP contribution in [-0.2, 0) is 4.74 Å². The first-order valence-electron chi connectivity index (χ1n) is 13.5. The molecule has 0 amide bonds. The molecule has 39 heavy (non-hydrogen) atoms. The molecule has 1 aliphatic heterocycles. The lowest BCUT2D eigenvalue weighted by Crippen LogP contribution is -2.45. The maximum absolute atomic E-state index is 13.8. The van der Waals surface area contributed by atoms with Gasteiger partial charge in [0.25, 0.3) is 0 Å². The highest BCUT2D eigenvalue weighted by Crippen LogP contribution is 2.46. The summed E-state index contributed by atoms with van der Waals surface area (Å²) in [5.41, 5.74) is 1.28. The third-order valence-electron chi connectivity index (χ3n) is 7.41. The van der Waals surface area contributed by atoms with Gasteiger partial charge in [0.1, 0.15) is 17.9 Å². The lowest BCUT2D eigenvalue weighted by molar-refractivity contribution is -0.0616. The van der Waals surface area contributed by atoms with Gasteiger partial charge in [-0.3, -0.25) is 4.99 Å². The molecule has 1 aromatic carbocycles. The van der Waals surface area contributed by atoms with Gasteiger partial charge in [0.05, 0.1) is 25.4 Å². The second-order valence-electron chi connectivity index (χ2n) is 10.2. The number of hydrogen-bond donors (Lipinski definition) is 4. The van der Waals surface area contributed by atoms with Crippen molar-refractivity contribution in [3.8, 4) is 0 Å². The van der Waals surface area contributed by atoms with Crippen molar-refractivity contribution in [1.29, 1.82) is 0 Å². The molecule has 212 valence electrons. The number of aliphatic hydroxyl groups is 3. The molecule has 2 aromatic rings. The van der Waals surface area contributed by atoms with E-state index in [4.69, 9.17) is 24.8 Å². The molecular weight excluding hydrogens is 528 g/mol. The molecule has 2 saturated carbocycles. The van der Waals surface area contributed by atoms with E-state index in [1.807, 2.05) is 11.1 Å². The highest BCUT2D eigenvalue weighted by molar-refractivity contribution is 7.99. The number of benzene rings is 1. The zero-order valence-electron chi connectivity index (χ0n) is 21.8. The molecule has 2 heterocycles. The van der Waals surface area contributed by atoms with E-state index < -0.39 is 36.0 Å². The SMILES string of the molecule is CCCSc1nc(NC2CC2c2ccc(F)c(F)c2)c2c(n1)N(C1CC(OCCO)C(O)C1O)CCCC=N2. The van der Waals surface area contributed by atoms with Crippen molar-refractivity contribution in [2.45, 2.75) is 80.5 Å². The van der Waals surface area contributed by atoms with E-state index in [0.29, 0.717) is 35.4 Å². The third kappa shape index (κ3) is 6.19. The lowest BCUT2D eigenvalue weighted by Gasteiger charge is -2.34. The van der Waals surface area contributed by atoms with Crippen LogP contribution in [0.4, 0.5) is 26.1 Å². The number of aliphatic imine (C=N–C) groups is 1. The summed E-state index contributed by atoms with van der Waals surface area (Å²) < 4.78 is 32.9. The Bertz CT molecular complexity index is 1190. The van der Waals surface area contributed by atoms with Gasteiger partial charge in [0, 0.05) is 30.5 Å². The fourth-order valence-electron chi connectivity index (χ4n) is 5.33.